The number of benzene rings is 1. The molecule has 0 N–H and O–H groups in total. The Morgan fingerprint density at radius 1 is 1.30 bits per heavy atom. The summed E-state index contributed by atoms with van der Waals surface area (Å²) in [6.45, 7) is 1.49. The number of ketones is 1. The molecule has 0 aliphatic carbocycles. The molecule has 0 atom stereocenters. The lowest BCUT2D eigenvalue weighted by atomic mass is 10.1. The average molecular weight is 402 g/mol. The second-order valence-electron chi connectivity index (χ2n) is 3.57. The highest BCUT2D eigenvalue weighted by Crippen LogP contribution is 2.26. The van der Waals surface area contributed by atoms with Crippen molar-refractivity contribution in [3.63, 3.8) is 0 Å². The molecule has 0 aliphatic heterocycles. The molecule has 1 aromatic carbocycles. The predicted molar refractivity (Wildman–Crippen MR) is 71.7 cm³/mol. The molecule has 0 aliphatic rings. The largest absolute Gasteiger partial charge is 0.481 e. The monoisotopic (exact) mass is 402 g/mol. The van der Waals surface area contributed by atoms with Crippen molar-refractivity contribution in [2.45, 2.75) is 13.1 Å². The highest BCUT2D eigenvalue weighted by atomic mass is 127. The lowest BCUT2D eigenvalue weighted by Crippen LogP contribution is -2.22. The topological polar surface area (TPSA) is 52.6 Å². The Hall–Kier alpha value is -1.32. The average Bonchev–Trinajstić information content (AvgIpc) is 2.35. The Morgan fingerprint density at radius 3 is 2.45 bits per heavy atom. The third-order valence-corrected chi connectivity index (χ3v) is 2.95. The summed E-state index contributed by atoms with van der Waals surface area (Å²) < 4.78 is 46.8. The quantitative estimate of drug-likeness (QED) is 0.432. The van der Waals surface area contributed by atoms with Crippen molar-refractivity contribution in [3.8, 4) is 5.75 Å². The minimum absolute atomic E-state index is 0.206. The zero-order valence-electron chi connectivity index (χ0n) is 10.3. The third-order valence-electron chi connectivity index (χ3n) is 2.10. The van der Waals surface area contributed by atoms with Crippen molar-refractivity contribution in [3.05, 3.63) is 27.3 Å². The molecule has 0 radical (unpaired) electrons. The molecule has 0 unspecified atom stereocenters. The zero-order valence-corrected chi connectivity index (χ0v) is 12.4. The number of carbonyl (C=O) groups excluding carboxylic acids is 2. The van der Waals surface area contributed by atoms with E-state index >= 15 is 0 Å². The molecule has 0 amide bonds. The van der Waals surface area contributed by atoms with Gasteiger partial charge in [-0.2, -0.15) is 13.2 Å². The summed E-state index contributed by atoms with van der Waals surface area (Å²) in [6, 6.07) is 3.26. The van der Waals surface area contributed by atoms with Gasteiger partial charge in [-0.15, -0.1) is 0 Å². The molecule has 0 saturated heterocycles. The van der Waals surface area contributed by atoms with Crippen molar-refractivity contribution in [2.24, 2.45) is 0 Å². The summed E-state index contributed by atoms with van der Waals surface area (Å²) >= 11 is 1.72. The van der Waals surface area contributed by atoms with Gasteiger partial charge in [-0.1, -0.05) is 0 Å². The van der Waals surface area contributed by atoms with Crippen LogP contribution in [0.3, 0.4) is 0 Å². The van der Waals surface area contributed by atoms with Crippen molar-refractivity contribution < 1.29 is 32.2 Å². The number of hydrogen-bond donors (Lipinski definition) is 0. The molecule has 4 nitrogen and oxygen atoms in total. The maximum Gasteiger partial charge on any atom is 0.454 e. The van der Waals surface area contributed by atoms with Gasteiger partial charge in [-0.05, 0) is 47.7 Å². The molecule has 1 rings (SSSR count). The van der Waals surface area contributed by atoms with Crippen molar-refractivity contribution in [1.82, 2.24) is 0 Å². The number of ether oxygens (including phenoxy) is 2. The van der Waals surface area contributed by atoms with Gasteiger partial charge in [0.1, 0.15) is 5.75 Å². The first-order chi connectivity index (χ1) is 9.25. The van der Waals surface area contributed by atoms with Gasteiger partial charge in [-0.25, -0.2) is 4.79 Å². The number of carbonyl (C=O) groups is 2. The van der Waals surface area contributed by atoms with E-state index in [0.717, 1.165) is 12.1 Å². The smallest absolute Gasteiger partial charge is 0.454 e. The van der Waals surface area contributed by atoms with Crippen LogP contribution in [0.1, 0.15) is 17.3 Å². The second-order valence-corrected chi connectivity index (χ2v) is 4.73. The van der Waals surface area contributed by atoms with Gasteiger partial charge in [0.15, 0.2) is 6.61 Å². The van der Waals surface area contributed by atoms with Crippen LogP contribution in [-0.4, -0.2) is 31.1 Å². The molecule has 0 aromatic heterocycles. The van der Waals surface area contributed by atoms with Crippen molar-refractivity contribution >= 4 is 34.3 Å². The minimum atomic E-state index is -4.92. The van der Waals surface area contributed by atoms with Crippen LogP contribution in [0.25, 0.3) is 0 Å². The van der Waals surface area contributed by atoms with E-state index in [1.807, 2.05) is 0 Å². The van der Waals surface area contributed by atoms with Gasteiger partial charge in [0, 0.05) is 5.56 Å². The Bertz CT molecular complexity index is 514. The summed E-state index contributed by atoms with van der Waals surface area (Å²) in [4.78, 5) is 22.1. The van der Waals surface area contributed by atoms with E-state index in [-0.39, 0.29) is 19.0 Å². The lowest BCUT2D eigenvalue weighted by molar-refractivity contribution is -0.145. The molecule has 0 bridgehead atoms. The van der Waals surface area contributed by atoms with Gasteiger partial charge >= 0.3 is 12.1 Å². The Morgan fingerprint density at radius 2 is 1.95 bits per heavy atom. The molecule has 0 spiro atoms. The Kier molecular flexibility index (Phi) is 5.78. The standard InChI is InChI=1S/C12H10F3IO4/c1-2-19-10(17)6-20-9-4-3-7(5-8(9)16)11(18)12(13,14)15/h3-5H,2,6H2,1H3. The summed E-state index contributed by atoms with van der Waals surface area (Å²) in [7, 11) is 0. The van der Waals surface area contributed by atoms with Gasteiger partial charge in [0.25, 0.3) is 5.78 Å². The van der Waals surface area contributed by atoms with Gasteiger partial charge in [-0.3, -0.25) is 4.79 Å². The number of rotatable bonds is 5. The highest BCUT2D eigenvalue weighted by molar-refractivity contribution is 14.1. The maximum absolute atomic E-state index is 12.3. The molecular formula is C12H10F3IO4. The Labute approximate surface area is 126 Å². The molecule has 0 saturated carbocycles. The first-order valence-corrected chi connectivity index (χ1v) is 6.53. The van der Waals surface area contributed by atoms with E-state index in [2.05, 4.69) is 4.74 Å². The van der Waals surface area contributed by atoms with Crippen LogP contribution in [0.2, 0.25) is 0 Å². The van der Waals surface area contributed by atoms with E-state index in [1.54, 1.807) is 29.5 Å². The van der Waals surface area contributed by atoms with E-state index in [4.69, 9.17) is 4.74 Å². The Balaban J connectivity index is 2.79. The van der Waals surface area contributed by atoms with Crippen molar-refractivity contribution in [1.29, 1.82) is 0 Å². The molecule has 0 heterocycles. The van der Waals surface area contributed by atoms with Crippen LogP contribution in [0.4, 0.5) is 13.2 Å². The highest BCUT2D eigenvalue weighted by Gasteiger charge is 2.39. The molecule has 0 fully saturated rings. The SMILES string of the molecule is CCOC(=O)COc1ccc(C(=O)C(F)(F)F)cc1I. The molecule has 8 heteroatoms. The maximum atomic E-state index is 12.3. The van der Waals surface area contributed by atoms with Gasteiger partial charge < -0.3 is 9.47 Å². The fourth-order valence-electron chi connectivity index (χ4n) is 1.26. The molecule has 110 valence electrons. The number of halogens is 4. The fraction of sp³-hybridized carbons (Fsp3) is 0.333. The number of Topliss-reactive ketones (excluding diaryl/α,β-unsaturated/α-hetero) is 1. The lowest BCUT2D eigenvalue weighted by Gasteiger charge is -2.10. The normalized spacial score (nSPS) is 11.1. The van der Waals surface area contributed by atoms with E-state index in [1.165, 1.54) is 6.07 Å². The van der Waals surface area contributed by atoms with Crippen LogP contribution in [0.5, 0.6) is 5.75 Å². The van der Waals surface area contributed by atoms with Crippen LogP contribution in [0.15, 0.2) is 18.2 Å². The van der Waals surface area contributed by atoms with E-state index in [9.17, 15) is 22.8 Å². The number of alkyl halides is 3. The summed E-state index contributed by atoms with van der Waals surface area (Å²) in [5, 5.41) is 0. The predicted octanol–water partition coefficient (Wildman–Crippen LogP) is 2.98. The fourth-order valence-corrected chi connectivity index (χ4v) is 1.93. The molecular weight excluding hydrogens is 392 g/mol. The number of esters is 1. The summed E-state index contributed by atoms with van der Waals surface area (Å²) in [6.07, 6.45) is -4.92. The van der Waals surface area contributed by atoms with Crippen molar-refractivity contribution in [2.75, 3.05) is 13.2 Å². The first-order valence-electron chi connectivity index (χ1n) is 5.45. The van der Waals surface area contributed by atoms with Crippen LogP contribution < -0.4 is 4.74 Å². The van der Waals surface area contributed by atoms with Crippen LogP contribution >= 0.6 is 22.6 Å². The summed E-state index contributed by atoms with van der Waals surface area (Å²) in [5.41, 5.74) is -0.481. The zero-order chi connectivity index (χ0) is 15.3. The van der Waals surface area contributed by atoms with Gasteiger partial charge in [0.2, 0.25) is 0 Å². The van der Waals surface area contributed by atoms with E-state index in [0.29, 0.717) is 3.57 Å². The van der Waals surface area contributed by atoms with Gasteiger partial charge in [0.05, 0.1) is 10.2 Å². The van der Waals surface area contributed by atoms with E-state index < -0.39 is 23.5 Å². The number of hydrogen-bond acceptors (Lipinski definition) is 4. The van der Waals surface area contributed by atoms with Crippen LogP contribution in [0, 0.1) is 3.57 Å². The summed E-state index contributed by atoms with van der Waals surface area (Å²) in [5.74, 6) is -2.30. The van der Waals surface area contributed by atoms with Crippen LogP contribution in [-0.2, 0) is 9.53 Å². The third kappa shape index (κ3) is 4.66. The first kappa shape index (κ1) is 16.7. The minimum Gasteiger partial charge on any atom is -0.481 e. The second kappa shape index (κ2) is 6.91. The molecule has 20 heavy (non-hydrogen) atoms. The molecule has 1 aromatic rings.